The van der Waals surface area contributed by atoms with Crippen LogP contribution in [0.15, 0.2) is 24.5 Å². The molecule has 8 nitrogen and oxygen atoms in total. The number of rotatable bonds is 5. The van der Waals surface area contributed by atoms with Gasteiger partial charge in [-0.05, 0) is 51.7 Å². The van der Waals surface area contributed by atoms with Crippen molar-refractivity contribution in [1.29, 1.82) is 0 Å². The van der Waals surface area contributed by atoms with Crippen molar-refractivity contribution in [2.75, 3.05) is 30.4 Å². The lowest BCUT2D eigenvalue weighted by Crippen LogP contribution is -2.42. The van der Waals surface area contributed by atoms with Crippen LogP contribution in [0.4, 0.5) is 17.3 Å². The highest BCUT2D eigenvalue weighted by molar-refractivity contribution is 6.34. The van der Waals surface area contributed by atoms with E-state index >= 15 is 0 Å². The van der Waals surface area contributed by atoms with Crippen molar-refractivity contribution < 1.29 is 9.84 Å². The molecule has 2 unspecified atom stereocenters. The Labute approximate surface area is 192 Å². The first-order valence-electron chi connectivity index (χ1n) is 11.1. The van der Waals surface area contributed by atoms with Gasteiger partial charge in [-0.1, -0.05) is 11.6 Å². The van der Waals surface area contributed by atoms with Gasteiger partial charge in [-0.3, -0.25) is 4.68 Å². The first-order chi connectivity index (χ1) is 15.3. The summed E-state index contributed by atoms with van der Waals surface area (Å²) >= 11 is 6.58. The van der Waals surface area contributed by atoms with Crippen molar-refractivity contribution in [2.24, 2.45) is 0 Å². The number of benzene rings is 1. The minimum Gasteiger partial charge on any atom is -0.390 e. The molecule has 32 heavy (non-hydrogen) atoms. The smallest absolute Gasteiger partial charge is 0.227 e. The number of hydrogen-bond acceptors (Lipinski definition) is 7. The maximum Gasteiger partial charge on any atom is 0.227 e. The van der Waals surface area contributed by atoms with Crippen LogP contribution >= 0.6 is 11.6 Å². The number of piperidine rings is 1. The van der Waals surface area contributed by atoms with Crippen molar-refractivity contribution in [3.05, 3.63) is 35.2 Å². The van der Waals surface area contributed by atoms with Gasteiger partial charge in [-0.25, -0.2) is 9.97 Å². The molecular weight excluding hydrogens is 428 g/mol. The Balaban J connectivity index is 1.39. The Morgan fingerprint density at radius 3 is 2.69 bits per heavy atom. The Hall–Kier alpha value is -2.42. The summed E-state index contributed by atoms with van der Waals surface area (Å²) in [4.78, 5) is 11.4. The van der Waals surface area contributed by atoms with Crippen LogP contribution in [0.25, 0.3) is 10.9 Å². The maximum absolute atomic E-state index is 10.3. The second kappa shape index (κ2) is 8.17. The lowest BCUT2D eigenvalue weighted by atomic mass is 9.89. The van der Waals surface area contributed by atoms with Crippen LogP contribution in [0, 0.1) is 6.92 Å². The van der Waals surface area contributed by atoms with E-state index in [0.29, 0.717) is 23.8 Å². The average molecular weight is 457 g/mol. The van der Waals surface area contributed by atoms with Gasteiger partial charge >= 0.3 is 0 Å². The van der Waals surface area contributed by atoms with Crippen LogP contribution in [-0.2, 0) is 4.74 Å². The lowest BCUT2D eigenvalue weighted by molar-refractivity contribution is -0.0146. The van der Waals surface area contributed by atoms with Crippen LogP contribution in [0.2, 0.25) is 5.02 Å². The molecule has 1 saturated carbocycles. The summed E-state index contributed by atoms with van der Waals surface area (Å²) in [7, 11) is 1.75. The van der Waals surface area contributed by atoms with E-state index in [-0.39, 0.29) is 12.1 Å². The molecule has 2 fully saturated rings. The minimum atomic E-state index is -0.607. The Bertz CT molecular complexity index is 1130. The molecule has 0 bridgehead atoms. The molecule has 1 aromatic carbocycles. The summed E-state index contributed by atoms with van der Waals surface area (Å²) in [5.41, 5.74) is 3.09. The number of methoxy groups -OCH3 is 1. The zero-order valence-corrected chi connectivity index (χ0v) is 19.4. The maximum atomic E-state index is 10.3. The van der Waals surface area contributed by atoms with Gasteiger partial charge in [0.15, 0.2) is 0 Å². The number of fused-ring (bicyclic) bond motifs is 1. The van der Waals surface area contributed by atoms with Crippen molar-refractivity contribution in [1.82, 2.24) is 19.7 Å². The fourth-order valence-electron chi connectivity index (χ4n) is 4.58. The molecule has 2 N–H and O–H groups in total. The minimum absolute atomic E-state index is 0.222. The molecule has 3 heterocycles. The van der Waals surface area contributed by atoms with Crippen LogP contribution in [0.5, 0.6) is 0 Å². The molecule has 1 aliphatic carbocycles. The van der Waals surface area contributed by atoms with Crippen molar-refractivity contribution >= 4 is 39.8 Å². The van der Waals surface area contributed by atoms with Crippen molar-refractivity contribution in [2.45, 2.75) is 57.3 Å². The third-order valence-corrected chi connectivity index (χ3v) is 7.22. The molecule has 2 atom stereocenters. The van der Waals surface area contributed by atoms with Crippen molar-refractivity contribution in [3.8, 4) is 0 Å². The highest BCUT2D eigenvalue weighted by atomic mass is 35.5. The van der Waals surface area contributed by atoms with Crippen molar-refractivity contribution in [3.63, 3.8) is 0 Å². The SMILES string of the molecule is COC1CCC1n1ncc(Nc2ncc3cc(Cl)c(N4CCC(C)(O)CC4)cc3n2)c1C. The molecule has 1 aliphatic heterocycles. The summed E-state index contributed by atoms with van der Waals surface area (Å²) in [6.07, 6.45) is 7.39. The lowest BCUT2D eigenvalue weighted by Gasteiger charge is -2.37. The van der Waals surface area contributed by atoms with Crippen LogP contribution < -0.4 is 10.2 Å². The molecule has 0 spiro atoms. The highest BCUT2D eigenvalue weighted by Gasteiger charge is 2.34. The fourth-order valence-corrected chi connectivity index (χ4v) is 4.87. The highest BCUT2D eigenvalue weighted by Crippen LogP contribution is 2.37. The number of nitrogens with zero attached hydrogens (tertiary/aromatic N) is 5. The summed E-state index contributed by atoms with van der Waals surface area (Å²) < 4.78 is 7.56. The number of aliphatic hydroxyl groups is 1. The number of hydrogen-bond donors (Lipinski definition) is 2. The second-order valence-electron chi connectivity index (χ2n) is 9.17. The molecular formula is C23H29ClN6O2. The van der Waals surface area contributed by atoms with Gasteiger partial charge in [-0.2, -0.15) is 5.10 Å². The average Bonchev–Trinajstić information content (AvgIpc) is 3.07. The van der Waals surface area contributed by atoms with E-state index in [1.807, 2.05) is 36.9 Å². The molecule has 2 aromatic heterocycles. The van der Waals surface area contributed by atoms with E-state index in [0.717, 1.165) is 53.9 Å². The van der Waals surface area contributed by atoms with Gasteiger partial charge in [0.2, 0.25) is 5.95 Å². The molecule has 0 amide bonds. The summed E-state index contributed by atoms with van der Waals surface area (Å²) in [5.74, 6) is 0.520. The molecule has 170 valence electrons. The Morgan fingerprint density at radius 1 is 1.22 bits per heavy atom. The second-order valence-corrected chi connectivity index (χ2v) is 9.58. The van der Waals surface area contributed by atoms with E-state index in [9.17, 15) is 5.11 Å². The summed E-state index contributed by atoms with van der Waals surface area (Å²) in [6.45, 7) is 5.46. The third-order valence-electron chi connectivity index (χ3n) is 6.91. The third kappa shape index (κ3) is 3.91. The normalized spacial score (nSPS) is 22.7. The van der Waals surface area contributed by atoms with E-state index in [4.69, 9.17) is 21.3 Å². The zero-order valence-electron chi connectivity index (χ0n) is 18.7. The van der Waals surface area contributed by atoms with E-state index in [1.54, 1.807) is 13.3 Å². The standard InChI is InChI=1S/C23H29ClN6O2/c1-14-18(13-26-30(14)19-4-5-21(19)32-3)28-22-25-12-15-10-16(24)20(11-17(15)27-22)29-8-6-23(2,31)7-9-29/h10-13,19,21,31H,4-9H2,1-3H3,(H,25,27,28). The number of aromatic nitrogens is 4. The van der Waals surface area contributed by atoms with Gasteiger partial charge < -0.3 is 20.1 Å². The molecule has 9 heteroatoms. The van der Waals surface area contributed by atoms with E-state index in [2.05, 4.69) is 20.3 Å². The molecule has 5 rings (SSSR count). The summed E-state index contributed by atoms with van der Waals surface area (Å²) in [6, 6.07) is 4.20. The van der Waals surface area contributed by atoms with Gasteiger partial charge in [-0.15, -0.1) is 0 Å². The Morgan fingerprint density at radius 2 is 2.00 bits per heavy atom. The van der Waals surface area contributed by atoms with Crippen LogP contribution in [0.3, 0.4) is 0 Å². The quantitative estimate of drug-likeness (QED) is 0.593. The Kier molecular flexibility index (Phi) is 5.47. The first-order valence-corrected chi connectivity index (χ1v) is 11.5. The number of anilines is 3. The van der Waals surface area contributed by atoms with E-state index < -0.39 is 5.60 Å². The van der Waals surface area contributed by atoms with E-state index in [1.165, 1.54) is 0 Å². The zero-order chi connectivity index (χ0) is 22.5. The van der Waals surface area contributed by atoms with Crippen LogP contribution in [0.1, 0.15) is 44.3 Å². The van der Waals surface area contributed by atoms with Crippen LogP contribution in [-0.4, -0.2) is 56.8 Å². The first kappa shape index (κ1) is 21.4. The monoisotopic (exact) mass is 456 g/mol. The van der Waals surface area contributed by atoms with Gasteiger partial charge in [0, 0.05) is 31.8 Å². The van der Waals surface area contributed by atoms with Gasteiger partial charge in [0.05, 0.1) is 51.6 Å². The largest absolute Gasteiger partial charge is 0.390 e. The number of halogens is 1. The number of nitrogens with one attached hydrogen (secondary N) is 1. The summed E-state index contributed by atoms with van der Waals surface area (Å²) in [5, 5.41) is 19.7. The predicted octanol–water partition coefficient (Wildman–Crippen LogP) is 4.23. The van der Waals surface area contributed by atoms with Gasteiger partial charge in [0.1, 0.15) is 0 Å². The number of ether oxygens (including phenoxy) is 1. The molecule has 3 aromatic rings. The topological polar surface area (TPSA) is 88.3 Å². The molecule has 1 saturated heterocycles. The fraction of sp³-hybridized carbons (Fsp3) is 0.522. The molecule has 0 radical (unpaired) electrons. The van der Waals surface area contributed by atoms with Gasteiger partial charge in [0.25, 0.3) is 0 Å². The predicted molar refractivity (Wildman–Crippen MR) is 126 cm³/mol. The molecule has 2 aliphatic rings.